The zero-order chi connectivity index (χ0) is 22.6. The summed E-state index contributed by atoms with van der Waals surface area (Å²) in [6, 6.07) is 0. The molecule has 1 unspecified atom stereocenters. The molecule has 180 valence electrons. The Labute approximate surface area is 200 Å². The van der Waals surface area contributed by atoms with Crippen LogP contribution >= 0.6 is 0 Å². The van der Waals surface area contributed by atoms with E-state index in [9.17, 15) is 0 Å². The fraction of sp³-hybridized carbons (Fsp3) is 0.875. The van der Waals surface area contributed by atoms with Crippen LogP contribution in [0.2, 0.25) is 0 Å². The first-order chi connectivity index (χ1) is 15.3. The summed E-state index contributed by atoms with van der Waals surface area (Å²) in [5.74, 6) is 3.76. The van der Waals surface area contributed by atoms with Crippen LogP contribution < -0.4 is 0 Å². The molecule has 5 aliphatic rings. The predicted octanol–water partition coefficient (Wildman–Crippen LogP) is 10.0. The summed E-state index contributed by atoms with van der Waals surface area (Å²) in [7, 11) is 0. The van der Waals surface area contributed by atoms with Crippen molar-refractivity contribution in [3.63, 3.8) is 0 Å². The summed E-state index contributed by atoms with van der Waals surface area (Å²) in [6.45, 7) is 12.6. The predicted molar refractivity (Wildman–Crippen MR) is 139 cm³/mol. The molecule has 5 rings (SSSR count). The van der Waals surface area contributed by atoms with Crippen LogP contribution in [-0.4, -0.2) is 0 Å². The number of fused-ring (bicyclic) bond motifs is 5. The highest BCUT2D eigenvalue weighted by Crippen LogP contribution is 2.69. The van der Waals surface area contributed by atoms with Gasteiger partial charge in [-0.1, -0.05) is 69.2 Å². The number of hydrogen-bond acceptors (Lipinski definition) is 0. The average Bonchev–Trinajstić information content (AvgIpc) is 3.11. The molecule has 0 heteroatoms. The second kappa shape index (κ2) is 8.61. The number of hydrogen-bond donors (Lipinski definition) is 0. The Morgan fingerprint density at radius 3 is 2.41 bits per heavy atom. The van der Waals surface area contributed by atoms with E-state index in [0.29, 0.717) is 10.8 Å². The molecule has 3 fully saturated rings. The van der Waals surface area contributed by atoms with Gasteiger partial charge in [-0.3, -0.25) is 0 Å². The highest BCUT2D eigenvalue weighted by atomic mass is 14.6. The highest BCUT2D eigenvalue weighted by Gasteiger charge is 2.59. The molecule has 0 aromatic rings. The van der Waals surface area contributed by atoms with E-state index in [1.165, 1.54) is 89.0 Å². The van der Waals surface area contributed by atoms with Crippen molar-refractivity contribution in [3.05, 3.63) is 22.8 Å². The summed E-state index contributed by atoms with van der Waals surface area (Å²) >= 11 is 0. The van der Waals surface area contributed by atoms with Gasteiger partial charge in [0.2, 0.25) is 0 Å². The molecule has 0 radical (unpaired) electrons. The van der Waals surface area contributed by atoms with Gasteiger partial charge in [0.15, 0.2) is 0 Å². The third kappa shape index (κ3) is 3.60. The molecule has 0 N–H and O–H groups in total. The second-order valence-corrected chi connectivity index (χ2v) is 13.9. The van der Waals surface area contributed by atoms with Gasteiger partial charge in [0.05, 0.1) is 0 Å². The van der Waals surface area contributed by atoms with Gasteiger partial charge in [0, 0.05) is 0 Å². The lowest BCUT2D eigenvalue weighted by atomic mass is 9.44. The fourth-order valence-electron chi connectivity index (χ4n) is 10.7. The Morgan fingerprint density at radius 2 is 1.66 bits per heavy atom. The first kappa shape index (κ1) is 23.2. The van der Waals surface area contributed by atoms with Gasteiger partial charge in [-0.15, -0.1) is 0 Å². The molecule has 0 aromatic heterocycles. The second-order valence-electron chi connectivity index (χ2n) is 13.9. The summed E-state index contributed by atoms with van der Waals surface area (Å²) in [6.07, 6.45) is 26.3. The zero-order valence-electron chi connectivity index (χ0n) is 22.2. The summed E-state index contributed by atoms with van der Waals surface area (Å²) in [5, 5.41) is 0. The first-order valence-corrected chi connectivity index (χ1v) is 14.7. The minimum absolute atomic E-state index is 0.553. The number of rotatable bonds is 4. The van der Waals surface area contributed by atoms with Gasteiger partial charge in [-0.25, -0.2) is 0 Å². The third-order valence-electron chi connectivity index (χ3n) is 12.1. The molecule has 0 nitrogen and oxygen atoms in total. The summed E-state index contributed by atoms with van der Waals surface area (Å²) in [5.41, 5.74) is 7.40. The molecule has 0 aromatic carbocycles. The molecular formula is C32H52. The van der Waals surface area contributed by atoms with E-state index < -0.39 is 0 Å². The molecule has 3 saturated carbocycles. The minimum atomic E-state index is 0.553. The van der Waals surface area contributed by atoms with E-state index in [2.05, 4.69) is 40.7 Å². The molecule has 0 bridgehead atoms. The first-order valence-electron chi connectivity index (χ1n) is 14.7. The van der Waals surface area contributed by atoms with E-state index >= 15 is 0 Å². The fourth-order valence-corrected chi connectivity index (χ4v) is 10.7. The summed E-state index contributed by atoms with van der Waals surface area (Å²) < 4.78 is 0. The average molecular weight is 437 g/mol. The minimum Gasteiger partial charge on any atom is -0.0859 e. The lowest BCUT2D eigenvalue weighted by Gasteiger charge is -2.61. The van der Waals surface area contributed by atoms with Crippen LogP contribution in [0.1, 0.15) is 137 Å². The van der Waals surface area contributed by atoms with Crippen molar-refractivity contribution in [1.29, 1.82) is 0 Å². The quantitative estimate of drug-likeness (QED) is 0.384. The van der Waals surface area contributed by atoms with Crippen LogP contribution in [0.25, 0.3) is 0 Å². The van der Waals surface area contributed by atoms with Gasteiger partial charge < -0.3 is 0 Å². The molecule has 0 amide bonds. The van der Waals surface area contributed by atoms with Crippen molar-refractivity contribution in [1.82, 2.24) is 0 Å². The Balaban J connectivity index is 1.39. The van der Waals surface area contributed by atoms with Gasteiger partial charge in [0.25, 0.3) is 0 Å². The van der Waals surface area contributed by atoms with E-state index in [4.69, 9.17) is 0 Å². The van der Waals surface area contributed by atoms with Crippen molar-refractivity contribution in [2.75, 3.05) is 0 Å². The molecular weight excluding hydrogens is 384 g/mol. The van der Waals surface area contributed by atoms with Crippen LogP contribution in [-0.2, 0) is 0 Å². The van der Waals surface area contributed by atoms with E-state index in [1.807, 2.05) is 11.1 Å². The topological polar surface area (TPSA) is 0 Å². The van der Waals surface area contributed by atoms with Crippen molar-refractivity contribution in [2.24, 2.45) is 39.9 Å². The van der Waals surface area contributed by atoms with Crippen LogP contribution in [0.4, 0.5) is 0 Å². The molecule has 0 aliphatic heterocycles. The largest absolute Gasteiger partial charge is 0.0859 e. The SMILES string of the molecule is CC(C)=CCC[C@@H](C)[C@H]1CC[C@H]2C3=C(CC[C@]12C)[C@@]1(C)CCCC2(CCCCC2)C1CC3. The third-order valence-corrected chi connectivity index (χ3v) is 12.1. The van der Waals surface area contributed by atoms with Crippen LogP contribution in [0, 0.1) is 39.9 Å². The smallest absolute Gasteiger partial charge is 0.00799 e. The van der Waals surface area contributed by atoms with Gasteiger partial charge in [0.1, 0.15) is 0 Å². The Morgan fingerprint density at radius 1 is 0.906 bits per heavy atom. The lowest BCUT2D eigenvalue weighted by molar-refractivity contribution is -0.0479. The van der Waals surface area contributed by atoms with Gasteiger partial charge in [-0.2, -0.15) is 0 Å². The molecule has 0 heterocycles. The van der Waals surface area contributed by atoms with E-state index in [1.54, 1.807) is 19.3 Å². The van der Waals surface area contributed by atoms with Crippen molar-refractivity contribution < 1.29 is 0 Å². The zero-order valence-corrected chi connectivity index (χ0v) is 22.2. The number of allylic oxidation sites excluding steroid dienone is 4. The monoisotopic (exact) mass is 436 g/mol. The molecule has 32 heavy (non-hydrogen) atoms. The van der Waals surface area contributed by atoms with Gasteiger partial charge >= 0.3 is 0 Å². The van der Waals surface area contributed by atoms with Gasteiger partial charge in [-0.05, 0) is 131 Å². The van der Waals surface area contributed by atoms with E-state index in [0.717, 1.165) is 29.1 Å². The van der Waals surface area contributed by atoms with Crippen LogP contribution in [0.5, 0.6) is 0 Å². The Kier molecular flexibility index (Phi) is 6.25. The van der Waals surface area contributed by atoms with Crippen LogP contribution in [0.15, 0.2) is 22.8 Å². The molecule has 6 atom stereocenters. The summed E-state index contributed by atoms with van der Waals surface area (Å²) in [4.78, 5) is 0. The highest BCUT2D eigenvalue weighted by molar-refractivity contribution is 5.35. The van der Waals surface area contributed by atoms with E-state index in [-0.39, 0.29) is 0 Å². The van der Waals surface area contributed by atoms with Crippen molar-refractivity contribution in [3.8, 4) is 0 Å². The maximum Gasteiger partial charge on any atom is -0.00799 e. The van der Waals surface area contributed by atoms with Crippen molar-refractivity contribution in [2.45, 2.75) is 137 Å². The maximum absolute atomic E-state index is 2.76. The Bertz CT molecular complexity index is 751. The molecule has 0 saturated heterocycles. The maximum atomic E-state index is 2.76. The molecule has 1 spiro atoms. The normalized spacial score (nSPS) is 41.6. The molecule has 5 aliphatic carbocycles. The Hall–Kier alpha value is -0.520. The standard InChI is InChI=1S/C32H52/c1-23(2)11-9-12-24(3)26-14-15-27-25-13-16-29-31(5,28(25)17-22-30(26,27)4)18-10-21-32(29)19-7-6-8-20-32/h11,24,26-27,29H,6-10,12-22H2,1-5H3/t24-,26-,27+,29?,30-,31-/m1/s1. The lowest BCUT2D eigenvalue weighted by Crippen LogP contribution is -2.51. The van der Waals surface area contributed by atoms with Crippen molar-refractivity contribution >= 4 is 0 Å². The van der Waals surface area contributed by atoms with Crippen LogP contribution in [0.3, 0.4) is 0 Å².